The summed E-state index contributed by atoms with van der Waals surface area (Å²) in [5.41, 5.74) is 7.09. The molecule has 0 atom stereocenters. The number of nitrogens with one attached hydrogen (secondary N) is 1. The molecular formula is C13H18N2O2. The summed E-state index contributed by atoms with van der Waals surface area (Å²) in [5.74, 6) is 0.681. The lowest BCUT2D eigenvalue weighted by Gasteiger charge is -2.15. The molecule has 0 aromatic heterocycles. The van der Waals surface area contributed by atoms with Gasteiger partial charge in [-0.25, -0.2) is 0 Å². The average molecular weight is 234 g/mol. The highest BCUT2D eigenvalue weighted by molar-refractivity contribution is 5.98. The van der Waals surface area contributed by atoms with Gasteiger partial charge < -0.3 is 15.8 Å². The lowest BCUT2D eigenvalue weighted by atomic mass is 10.1. The van der Waals surface area contributed by atoms with Gasteiger partial charge in [-0.2, -0.15) is 0 Å². The second-order valence-electron chi connectivity index (χ2n) is 4.64. The topological polar surface area (TPSA) is 64.3 Å². The van der Waals surface area contributed by atoms with Crippen molar-refractivity contribution < 1.29 is 9.53 Å². The van der Waals surface area contributed by atoms with Gasteiger partial charge in [0.05, 0.1) is 18.2 Å². The van der Waals surface area contributed by atoms with Gasteiger partial charge in [-0.05, 0) is 37.5 Å². The van der Waals surface area contributed by atoms with Crippen LogP contribution in [-0.4, -0.2) is 19.6 Å². The van der Waals surface area contributed by atoms with E-state index in [1.165, 1.54) is 0 Å². The molecule has 1 aromatic carbocycles. The van der Waals surface area contributed by atoms with Crippen LogP contribution in [-0.2, 0) is 4.79 Å². The fraction of sp³-hybridized carbons (Fsp3) is 0.462. The number of rotatable bonds is 4. The number of nitrogens with two attached hydrogens (primary N) is 1. The van der Waals surface area contributed by atoms with Crippen molar-refractivity contribution in [1.29, 1.82) is 0 Å². The second-order valence-corrected chi connectivity index (χ2v) is 4.64. The Hall–Kier alpha value is -1.55. The van der Waals surface area contributed by atoms with Crippen molar-refractivity contribution in [3.63, 3.8) is 0 Å². The molecule has 1 aliphatic rings. The highest BCUT2D eigenvalue weighted by Crippen LogP contribution is 2.45. The Balaban J connectivity index is 2.18. The quantitative estimate of drug-likeness (QED) is 0.833. The maximum absolute atomic E-state index is 12.1. The van der Waals surface area contributed by atoms with Crippen molar-refractivity contribution in [2.75, 3.05) is 19.0 Å². The Labute approximate surface area is 101 Å². The molecular weight excluding hydrogens is 216 g/mol. The molecule has 1 fully saturated rings. The number of carbonyl (C=O) groups excluding carboxylic acids is 1. The summed E-state index contributed by atoms with van der Waals surface area (Å²) < 4.78 is 5.22. The van der Waals surface area contributed by atoms with Gasteiger partial charge >= 0.3 is 0 Å². The van der Waals surface area contributed by atoms with Crippen molar-refractivity contribution in [2.24, 2.45) is 11.1 Å². The predicted octanol–water partition coefficient (Wildman–Crippen LogP) is 1.68. The summed E-state index contributed by atoms with van der Waals surface area (Å²) in [6, 6.07) is 5.71. The van der Waals surface area contributed by atoms with Gasteiger partial charge in [-0.3, -0.25) is 4.79 Å². The first-order chi connectivity index (χ1) is 8.11. The molecule has 0 aliphatic heterocycles. The van der Waals surface area contributed by atoms with E-state index in [4.69, 9.17) is 10.5 Å². The molecule has 1 aliphatic carbocycles. The zero-order chi connectivity index (χ0) is 12.5. The van der Waals surface area contributed by atoms with Crippen LogP contribution in [0.4, 0.5) is 5.69 Å². The number of aryl methyl sites for hydroxylation is 1. The predicted molar refractivity (Wildman–Crippen MR) is 67.1 cm³/mol. The summed E-state index contributed by atoms with van der Waals surface area (Å²) >= 11 is 0. The molecule has 0 bridgehead atoms. The van der Waals surface area contributed by atoms with Crippen LogP contribution in [0.1, 0.15) is 18.4 Å². The third kappa shape index (κ3) is 2.26. The minimum Gasteiger partial charge on any atom is -0.495 e. The van der Waals surface area contributed by atoms with Crippen molar-refractivity contribution in [1.82, 2.24) is 0 Å². The lowest BCUT2D eigenvalue weighted by molar-refractivity contribution is -0.120. The first-order valence-corrected chi connectivity index (χ1v) is 5.77. The van der Waals surface area contributed by atoms with Crippen LogP contribution < -0.4 is 15.8 Å². The van der Waals surface area contributed by atoms with E-state index in [2.05, 4.69) is 5.32 Å². The van der Waals surface area contributed by atoms with Crippen molar-refractivity contribution >= 4 is 11.6 Å². The molecule has 4 nitrogen and oxygen atoms in total. The molecule has 4 heteroatoms. The van der Waals surface area contributed by atoms with Gasteiger partial charge in [0, 0.05) is 6.54 Å². The molecule has 1 aromatic rings. The Kier molecular flexibility index (Phi) is 3.07. The molecule has 0 spiro atoms. The molecule has 0 radical (unpaired) electrons. The highest BCUT2D eigenvalue weighted by Gasteiger charge is 2.48. The fourth-order valence-electron chi connectivity index (χ4n) is 1.85. The van der Waals surface area contributed by atoms with Crippen molar-refractivity contribution in [3.8, 4) is 5.75 Å². The Morgan fingerprint density at radius 3 is 2.76 bits per heavy atom. The summed E-state index contributed by atoms with van der Waals surface area (Å²) in [4.78, 5) is 12.1. The zero-order valence-corrected chi connectivity index (χ0v) is 10.2. The monoisotopic (exact) mass is 234 g/mol. The molecule has 0 heterocycles. The smallest absolute Gasteiger partial charge is 0.231 e. The maximum Gasteiger partial charge on any atom is 0.231 e. The van der Waals surface area contributed by atoms with Crippen LogP contribution in [0.5, 0.6) is 5.75 Å². The zero-order valence-electron chi connectivity index (χ0n) is 10.2. The van der Waals surface area contributed by atoms with Gasteiger partial charge in [-0.15, -0.1) is 0 Å². The van der Waals surface area contributed by atoms with Crippen LogP contribution in [0.3, 0.4) is 0 Å². The summed E-state index contributed by atoms with van der Waals surface area (Å²) in [6.07, 6.45) is 1.76. The van der Waals surface area contributed by atoms with Crippen molar-refractivity contribution in [2.45, 2.75) is 19.8 Å². The van der Waals surface area contributed by atoms with E-state index in [9.17, 15) is 4.79 Å². The highest BCUT2D eigenvalue weighted by atomic mass is 16.5. The largest absolute Gasteiger partial charge is 0.495 e. The summed E-state index contributed by atoms with van der Waals surface area (Å²) in [5, 5.41) is 2.91. The van der Waals surface area contributed by atoms with Crippen LogP contribution >= 0.6 is 0 Å². The molecule has 0 unspecified atom stereocenters. The molecule has 2 rings (SSSR count). The fourth-order valence-corrected chi connectivity index (χ4v) is 1.85. The minimum atomic E-state index is -0.339. The van der Waals surface area contributed by atoms with E-state index in [0.717, 1.165) is 24.1 Å². The number of amides is 1. The van der Waals surface area contributed by atoms with Crippen LogP contribution in [0, 0.1) is 12.3 Å². The van der Waals surface area contributed by atoms with E-state index in [0.29, 0.717) is 12.3 Å². The van der Waals surface area contributed by atoms with Gasteiger partial charge in [0.2, 0.25) is 5.91 Å². The Bertz CT molecular complexity index is 439. The molecule has 1 saturated carbocycles. The summed E-state index contributed by atoms with van der Waals surface area (Å²) in [7, 11) is 1.59. The summed E-state index contributed by atoms with van der Waals surface area (Å²) in [6.45, 7) is 2.39. The van der Waals surface area contributed by atoms with E-state index in [1.54, 1.807) is 7.11 Å². The van der Waals surface area contributed by atoms with Gasteiger partial charge in [0.15, 0.2) is 0 Å². The van der Waals surface area contributed by atoms with Crippen molar-refractivity contribution in [3.05, 3.63) is 23.8 Å². The molecule has 3 N–H and O–H groups in total. The van der Waals surface area contributed by atoms with E-state index in [-0.39, 0.29) is 11.3 Å². The third-order valence-electron chi connectivity index (χ3n) is 3.33. The van der Waals surface area contributed by atoms with Gasteiger partial charge in [0.25, 0.3) is 0 Å². The normalized spacial score (nSPS) is 16.4. The SMILES string of the molecule is COc1ccc(C)cc1NC(=O)C1(CN)CC1. The van der Waals surface area contributed by atoms with Crippen LogP contribution in [0.2, 0.25) is 0 Å². The number of benzene rings is 1. The molecule has 92 valence electrons. The van der Waals surface area contributed by atoms with E-state index >= 15 is 0 Å². The van der Waals surface area contributed by atoms with Gasteiger partial charge in [0.1, 0.15) is 5.75 Å². The average Bonchev–Trinajstić information content (AvgIpc) is 3.10. The molecule has 0 saturated heterocycles. The number of hydrogen-bond acceptors (Lipinski definition) is 3. The number of carbonyl (C=O) groups is 1. The first kappa shape index (κ1) is 11.9. The second kappa shape index (κ2) is 4.37. The van der Waals surface area contributed by atoms with E-state index < -0.39 is 0 Å². The van der Waals surface area contributed by atoms with Crippen LogP contribution in [0.15, 0.2) is 18.2 Å². The number of ether oxygens (including phenoxy) is 1. The minimum absolute atomic E-state index is 0.00361. The standard InChI is InChI=1S/C13H18N2O2/c1-9-3-4-11(17-2)10(7-9)15-12(16)13(8-14)5-6-13/h3-4,7H,5-6,8,14H2,1-2H3,(H,15,16). The Morgan fingerprint density at radius 1 is 1.53 bits per heavy atom. The molecule has 17 heavy (non-hydrogen) atoms. The lowest BCUT2D eigenvalue weighted by Crippen LogP contribution is -2.31. The van der Waals surface area contributed by atoms with E-state index in [1.807, 2.05) is 25.1 Å². The third-order valence-corrected chi connectivity index (χ3v) is 3.33. The van der Waals surface area contributed by atoms with Gasteiger partial charge in [-0.1, -0.05) is 6.07 Å². The number of hydrogen-bond donors (Lipinski definition) is 2. The number of methoxy groups -OCH3 is 1. The Morgan fingerprint density at radius 2 is 2.24 bits per heavy atom. The number of anilines is 1. The van der Waals surface area contributed by atoms with Crippen LogP contribution in [0.25, 0.3) is 0 Å². The maximum atomic E-state index is 12.1. The molecule has 1 amide bonds. The first-order valence-electron chi connectivity index (χ1n) is 5.77.